The van der Waals surface area contributed by atoms with Crippen molar-refractivity contribution >= 4 is 5.97 Å². The highest BCUT2D eigenvalue weighted by Crippen LogP contribution is 2.52. The highest BCUT2D eigenvalue weighted by Gasteiger charge is 2.47. The fraction of sp³-hybridized carbons (Fsp3) is 0.611. The molecule has 2 aliphatic carbocycles. The summed E-state index contributed by atoms with van der Waals surface area (Å²) in [6.07, 6.45) is 5.82. The average molecular weight is 287 g/mol. The number of rotatable bonds is 5. The van der Waals surface area contributed by atoms with Crippen LogP contribution < -0.4 is 5.73 Å². The number of hydrogen-bond donors (Lipinski definition) is 2. The van der Waals surface area contributed by atoms with E-state index in [1.165, 1.54) is 25.7 Å². The van der Waals surface area contributed by atoms with Crippen LogP contribution >= 0.6 is 0 Å². The van der Waals surface area contributed by atoms with Gasteiger partial charge in [-0.3, -0.25) is 4.79 Å². The molecule has 2 saturated carbocycles. The van der Waals surface area contributed by atoms with E-state index in [-0.39, 0.29) is 6.54 Å². The van der Waals surface area contributed by atoms with Crippen LogP contribution in [0.25, 0.3) is 0 Å². The molecule has 3 heteroatoms. The van der Waals surface area contributed by atoms with Crippen molar-refractivity contribution in [3.8, 4) is 0 Å². The third kappa shape index (κ3) is 2.48. The van der Waals surface area contributed by atoms with Gasteiger partial charge in [0, 0.05) is 6.54 Å². The van der Waals surface area contributed by atoms with Gasteiger partial charge >= 0.3 is 5.97 Å². The molecule has 114 valence electrons. The van der Waals surface area contributed by atoms with Crippen molar-refractivity contribution in [2.24, 2.45) is 23.5 Å². The van der Waals surface area contributed by atoms with Crippen LogP contribution in [0.5, 0.6) is 0 Å². The topological polar surface area (TPSA) is 63.3 Å². The number of hydrogen-bond acceptors (Lipinski definition) is 2. The molecule has 21 heavy (non-hydrogen) atoms. The first kappa shape index (κ1) is 14.6. The predicted octanol–water partition coefficient (Wildman–Crippen LogP) is 3.10. The van der Waals surface area contributed by atoms with Crippen molar-refractivity contribution in [2.75, 3.05) is 6.54 Å². The number of carboxylic acid groups (broad SMARTS) is 1. The zero-order chi connectivity index (χ0) is 15.0. The van der Waals surface area contributed by atoms with Crippen molar-refractivity contribution < 1.29 is 9.90 Å². The zero-order valence-corrected chi connectivity index (χ0v) is 12.7. The molecule has 2 bridgehead atoms. The Morgan fingerprint density at radius 3 is 2.71 bits per heavy atom. The van der Waals surface area contributed by atoms with E-state index in [1.54, 1.807) is 0 Å². The second-order valence-corrected chi connectivity index (χ2v) is 7.10. The van der Waals surface area contributed by atoms with E-state index < -0.39 is 11.4 Å². The highest BCUT2D eigenvalue weighted by atomic mass is 16.4. The van der Waals surface area contributed by atoms with Crippen molar-refractivity contribution in [2.45, 2.75) is 44.4 Å². The summed E-state index contributed by atoms with van der Waals surface area (Å²) in [5, 5.41) is 9.92. The van der Waals surface area contributed by atoms with Gasteiger partial charge in [-0.05, 0) is 55.9 Å². The number of benzene rings is 1. The fourth-order valence-electron chi connectivity index (χ4n) is 4.63. The summed E-state index contributed by atoms with van der Waals surface area (Å²) in [5.41, 5.74) is 7.04. The summed E-state index contributed by atoms with van der Waals surface area (Å²) >= 11 is 0. The molecule has 2 fully saturated rings. The van der Waals surface area contributed by atoms with E-state index in [4.69, 9.17) is 5.73 Å². The quantitative estimate of drug-likeness (QED) is 0.874. The summed E-state index contributed by atoms with van der Waals surface area (Å²) in [6.45, 7) is 2.18. The van der Waals surface area contributed by atoms with Crippen LogP contribution in [-0.2, 0) is 10.2 Å². The van der Waals surface area contributed by atoms with Gasteiger partial charge in [-0.15, -0.1) is 0 Å². The van der Waals surface area contributed by atoms with Gasteiger partial charge in [0.05, 0.1) is 0 Å². The SMILES string of the molecule is Cc1cccc(C(CN)(CC2CC3CCC2C3)C(=O)O)c1. The number of carboxylic acids is 1. The molecule has 0 radical (unpaired) electrons. The average Bonchev–Trinajstić information content (AvgIpc) is 3.06. The third-order valence-corrected chi connectivity index (χ3v) is 5.82. The Labute approximate surface area is 126 Å². The molecule has 3 N–H and O–H groups in total. The summed E-state index contributed by atoms with van der Waals surface area (Å²) in [6, 6.07) is 7.87. The molecule has 0 heterocycles. The minimum absolute atomic E-state index is 0.180. The van der Waals surface area contributed by atoms with Crippen LogP contribution in [-0.4, -0.2) is 17.6 Å². The van der Waals surface area contributed by atoms with Crippen LogP contribution in [0.4, 0.5) is 0 Å². The van der Waals surface area contributed by atoms with Crippen molar-refractivity contribution in [1.82, 2.24) is 0 Å². The van der Waals surface area contributed by atoms with Gasteiger partial charge in [0.25, 0.3) is 0 Å². The van der Waals surface area contributed by atoms with E-state index in [9.17, 15) is 9.90 Å². The Morgan fingerprint density at radius 1 is 1.38 bits per heavy atom. The summed E-state index contributed by atoms with van der Waals surface area (Å²) < 4.78 is 0. The van der Waals surface area contributed by atoms with Gasteiger partial charge in [-0.2, -0.15) is 0 Å². The Kier molecular flexibility index (Phi) is 3.78. The Bertz CT molecular complexity index is 542. The Balaban J connectivity index is 1.91. The van der Waals surface area contributed by atoms with E-state index in [0.29, 0.717) is 12.3 Å². The lowest BCUT2D eigenvalue weighted by atomic mass is 9.70. The lowest BCUT2D eigenvalue weighted by molar-refractivity contribution is -0.144. The van der Waals surface area contributed by atoms with Gasteiger partial charge in [-0.25, -0.2) is 0 Å². The second kappa shape index (κ2) is 5.45. The summed E-state index contributed by atoms with van der Waals surface area (Å²) in [7, 11) is 0. The maximum atomic E-state index is 12.1. The van der Waals surface area contributed by atoms with Crippen LogP contribution in [0.2, 0.25) is 0 Å². The number of carbonyl (C=O) groups is 1. The summed E-state index contributed by atoms with van der Waals surface area (Å²) in [5.74, 6) is 1.33. The van der Waals surface area contributed by atoms with Crippen LogP contribution in [0.1, 0.15) is 43.2 Å². The molecule has 0 aliphatic heterocycles. The molecule has 3 rings (SSSR count). The minimum Gasteiger partial charge on any atom is -0.481 e. The number of aliphatic carboxylic acids is 1. The van der Waals surface area contributed by atoms with Crippen LogP contribution in [0.3, 0.4) is 0 Å². The van der Waals surface area contributed by atoms with E-state index in [2.05, 4.69) is 0 Å². The largest absolute Gasteiger partial charge is 0.481 e. The lowest BCUT2D eigenvalue weighted by Crippen LogP contribution is -2.45. The van der Waals surface area contributed by atoms with Crippen molar-refractivity contribution in [3.63, 3.8) is 0 Å². The van der Waals surface area contributed by atoms with Gasteiger partial charge < -0.3 is 10.8 Å². The fourth-order valence-corrected chi connectivity index (χ4v) is 4.63. The van der Waals surface area contributed by atoms with Crippen LogP contribution in [0.15, 0.2) is 24.3 Å². The van der Waals surface area contributed by atoms with Gasteiger partial charge in [0.1, 0.15) is 5.41 Å². The zero-order valence-electron chi connectivity index (χ0n) is 12.7. The van der Waals surface area contributed by atoms with Gasteiger partial charge in [0.2, 0.25) is 0 Å². The smallest absolute Gasteiger partial charge is 0.315 e. The van der Waals surface area contributed by atoms with Gasteiger partial charge in [0.15, 0.2) is 0 Å². The van der Waals surface area contributed by atoms with Crippen molar-refractivity contribution in [3.05, 3.63) is 35.4 Å². The predicted molar refractivity (Wildman–Crippen MR) is 83.1 cm³/mol. The molecule has 0 amide bonds. The number of aryl methyl sites for hydroxylation is 1. The molecule has 3 nitrogen and oxygen atoms in total. The number of nitrogens with two attached hydrogens (primary N) is 1. The van der Waals surface area contributed by atoms with Crippen LogP contribution in [0, 0.1) is 24.7 Å². The molecular formula is C18H25NO2. The molecule has 4 unspecified atom stereocenters. The maximum absolute atomic E-state index is 12.1. The molecule has 4 atom stereocenters. The normalized spacial score (nSPS) is 30.3. The van der Waals surface area contributed by atoms with E-state index >= 15 is 0 Å². The first-order valence-corrected chi connectivity index (χ1v) is 8.06. The molecule has 0 saturated heterocycles. The second-order valence-electron chi connectivity index (χ2n) is 7.10. The van der Waals surface area contributed by atoms with Crippen molar-refractivity contribution in [1.29, 1.82) is 0 Å². The molecule has 2 aliphatic rings. The first-order chi connectivity index (χ1) is 10.0. The monoisotopic (exact) mass is 287 g/mol. The Hall–Kier alpha value is -1.35. The molecular weight excluding hydrogens is 262 g/mol. The number of fused-ring (bicyclic) bond motifs is 2. The third-order valence-electron chi connectivity index (χ3n) is 5.82. The minimum atomic E-state index is -0.916. The highest BCUT2D eigenvalue weighted by molar-refractivity contribution is 5.82. The van der Waals surface area contributed by atoms with E-state index in [1.807, 2.05) is 31.2 Å². The first-order valence-electron chi connectivity index (χ1n) is 8.06. The van der Waals surface area contributed by atoms with E-state index in [0.717, 1.165) is 23.0 Å². The lowest BCUT2D eigenvalue weighted by Gasteiger charge is -2.34. The summed E-state index contributed by atoms with van der Waals surface area (Å²) in [4.78, 5) is 12.1. The Morgan fingerprint density at radius 2 is 2.19 bits per heavy atom. The molecule has 0 aromatic heterocycles. The molecule has 1 aromatic rings. The standard InChI is InChI=1S/C18H25NO2/c1-12-3-2-4-16(7-12)18(11-19,17(20)21)10-15-9-13-5-6-14(15)8-13/h2-4,7,13-15H,5-6,8-11,19H2,1H3,(H,20,21). The molecule has 0 spiro atoms. The van der Waals surface area contributed by atoms with Gasteiger partial charge in [-0.1, -0.05) is 36.2 Å². The maximum Gasteiger partial charge on any atom is 0.315 e. The molecule has 1 aromatic carbocycles.